The van der Waals surface area contributed by atoms with E-state index in [-0.39, 0.29) is 25.8 Å². The van der Waals surface area contributed by atoms with Gasteiger partial charge in [0, 0.05) is 6.92 Å². The third-order valence-electron chi connectivity index (χ3n) is 2.49. The molecule has 9 nitrogen and oxygen atoms in total. The van der Waals surface area contributed by atoms with Gasteiger partial charge >= 0.3 is 23.9 Å². The summed E-state index contributed by atoms with van der Waals surface area (Å²) in [6.45, 7) is 8.62. The summed E-state index contributed by atoms with van der Waals surface area (Å²) in [4.78, 5) is 44.2. The largest absolute Gasteiger partial charge is 0.466 e. The number of hydrogen-bond donors (Lipinski definition) is 1. The smallest absolute Gasteiger partial charge is 0.339 e. The van der Waals surface area contributed by atoms with E-state index in [1.807, 2.05) is 0 Å². The van der Waals surface area contributed by atoms with Crippen molar-refractivity contribution in [2.45, 2.75) is 53.1 Å². The lowest BCUT2D eigenvalue weighted by atomic mass is 9.95. The van der Waals surface area contributed by atoms with E-state index in [1.165, 1.54) is 6.92 Å². The van der Waals surface area contributed by atoms with Crippen LogP contribution in [0.4, 0.5) is 0 Å². The molecule has 0 atom stereocenters. The van der Waals surface area contributed by atoms with Gasteiger partial charge in [-0.3, -0.25) is 14.4 Å². The molecule has 0 aromatic heterocycles. The molecule has 0 aromatic carbocycles. The highest BCUT2D eigenvalue weighted by atomic mass is 16.6. The van der Waals surface area contributed by atoms with Gasteiger partial charge in [-0.15, -0.1) is 0 Å². The second kappa shape index (κ2) is 14.2. The van der Waals surface area contributed by atoms with Crippen LogP contribution in [0.2, 0.25) is 0 Å². The van der Waals surface area contributed by atoms with Crippen LogP contribution in [-0.2, 0) is 38.1 Å². The van der Waals surface area contributed by atoms with Gasteiger partial charge in [-0.1, -0.05) is 0 Å². The second-order valence-corrected chi connectivity index (χ2v) is 4.64. The summed E-state index contributed by atoms with van der Waals surface area (Å²) in [5.41, 5.74) is -2.26. The first-order valence-corrected chi connectivity index (χ1v) is 8.00. The fourth-order valence-electron chi connectivity index (χ4n) is 1.58. The summed E-state index contributed by atoms with van der Waals surface area (Å²) in [5.74, 6) is -2.83. The van der Waals surface area contributed by atoms with Gasteiger partial charge in [-0.05, 0) is 27.7 Å². The first kappa shape index (κ1) is 25.1. The Morgan fingerprint density at radius 2 is 1.08 bits per heavy atom. The SMILES string of the molecule is CCOC(=O)CC(O)(CC(=O)OCC)C(=O)OCC.CCOC(C)=O. The van der Waals surface area contributed by atoms with Crippen LogP contribution < -0.4 is 0 Å². The summed E-state index contributed by atoms with van der Waals surface area (Å²) in [5, 5.41) is 10.1. The first-order valence-electron chi connectivity index (χ1n) is 8.00. The fourth-order valence-corrected chi connectivity index (χ4v) is 1.58. The maximum absolute atomic E-state index is 11.7. The molecule has 0 spiro atoms. The Balaban J connectivity index is 0. The number of esters is 4. The minimum atomic E-state index is -2.26. The van der Waals surface area contributed by atoms with E-state index < -0.39 is 36.4 Å². The summed E-state index contributed by atoms with van der Waals surface area (Å²) < 4.78 is 18.4. The average molecular weight is 364 g/mol. The molecular weight excluding hydrogens is 336 g/mol. The number of carbonyl (C=O) groups is 4. The number of ether oxygens (including phenoxy) is 4. The van der Waals surface area contributed by atoms with E-state index in [4.69, 9.17) is 0 Å². The van der Waals surface area contributed by atoms with Gasteiger partial charge in [0.15, 0.2) is 5.60 Å². The molecule has 0 fully saturated rings. The van der Waals surface area contributed by atoms with E-state index in [0.29, 0.717) is 6.61 Å². The Kier molecular flexibility index (Phi) is 14.3. The zero-order chi connectivity index (χ0) is 19.9. The standard InChI is InChI=1S/C12H20O7.C4H8O2/c1-4-17-9(13)7-12(16,11(15)19-6-3)8-10(14)18-5-2;1-3-6-4(2)5/h16H,4-8H2,1-3H3;3H2,1-2H3. The minimum absolute atomic E-state index is 0.0206. The van der Waals surface area contributed by atoms with Gasteiger partial charge < -0.3 is 24.1 Å². The lowest BCUT2D eigenvalue weighted by molar-refractivity contribution is -0.177. The van der Waals surface area contributed by atoms with Crippen molar-refractivity contribution in [1.29, 1.82) is 0 Å². The third-order valence-corrected chi connectivity index (χ3v) is 2.49. The number of carbonyl (C=O) groups excluding carboxylic acids is 4. The van der Waals surface area contributed by atoms with Crippen molar-refractivity contribution in [1.82, 2.24) is 0 Å². The first-order chi connectivity index (χ1) is 11.7. The summed E-state index contributed by atoms with van der Waals surface area (Å²) in [6.07, 6.45) is -1.31. The molecule has 1 N–H and O–H groups in total. The van der Waals surface area contributed by atoms with Gasteiger partial charge in [-0.25, -0.2) is 4.79 Å². The molecule has 0 heterocycles. The molecule has 0 aliphatic carbocycles. The highest BCUT2D eigenvalue weighted by Gasteiger charge is 2.43. The van der Waals surface area contributed by atoms with Gasteiger partial charge in [-0.2, -0.15) is 0 Å². The van der Waals surface area contributed by atoms with Gasteiger partial charge in [0.2, 0.25) is 0 Å². The highest BCUT2D eigenvalue weighted by Crippen LogP contribution is 2.19. The quantitative estimate of drug-likeness (QED) is 0.466. The van der Waals surface area contributed by atoms with Crippen LogP contribution in [0.25, 0.3) is 0 Å². The highest BCUT2D eigenvalue weighted by molar-refractivity contribution is 5.90. The van der Waals surface area contributed by atoms with Crippen LogP contribution in [0.5, 0.6) is 0 Å². The van der Waals surface area contributed by atoms with Crippen LogP contribution in [0, 0.1) is 0 Å². The van der Waals surface area contributed by atoms with E-state index >= 15 is 0 Å². The summed E-state index contributed by atoms with van der Waals surface area (Å²) >= 11 is 0. The number of hydrogen-bond acceptors (Lipinski definition) is 9. The second-order valence-electron chi connectivity index (χ2n) is 4.64. The molecule has 25 heavy (non-hydrogen) atoms. The molecule has 0 saturated heterocycles. The zero-order valence-electron chi connectivity index (χ0n) is 15.5. The molecular formula is C16H28O9. The Hall–Kier alpha value is -2.16. The van der Waals surface area contributed by atoms with Crippen molar-refractivity contribution in [3.63, 3.8) is 0 Å². The van der Waals surface area contributed by atoms with Crippen LogP contribution in [-0.4, -0.2) is 61.0 Å². The Labute approximate surface area is 147 Å². The predicted molar refractivity (Wildman–Crippen MR) is 86.4 cm³/mol. The molecule has 0 radical (unpaired) electrons. The van der Waals surface area contributed by atoms with Crippen LogP contribution in [0.1, 0.15) is 47.5 Å². The van der Waals surface area contributed by atoms with Crippen molar-refractivity contribution < 1.29 is 43.2 Å². The molecule has 9 heteroatoms. The summed E-state index contributed by atoms with van der Waals surface area (Å²) in [7, 11) is 0. The van der Waals surface area contributed by atoms with E-state index in [1.54, 1.807) is 27.7 Å². The van der Waals surface area contributed by atoms with Gasteiger partial charge in [0.25, 0.3) is 0 Å². The molecule has 0 aliphatic rings. The van der Waals surface area contributed by atoms with E-state index in [0.717, 1.165) is 0 Å². The molecule has 0 saturated carbocycles. The van der Waals surface area contributed by atoms with E-state index in [2.05, 4.69) is 18.9 Å². The summed E-state index contributed by atoms with van der Waals surface area (Å²) in [6, 6.07) is 0. The molecule has 0 rings (SSSR count). The van der Waals surface area contributed by atoms with Crippen molar-refractivity contribution in [3.05, 3.63) is 0 Å². The average Bonchev–Trinajstić information content (AvgIpc) is 2.48. The fraction of sp³-hybridized carbons (Fsp3) is 0.750. The lowest BCUT2D eigenvalue weighted by Crippen LogP contribution is -2.44. The molecule has 0 bridgehead atoms. The maximum Gasteiger partial charge on any atom is 0.339 e. The predicted octanol–water partition coefficient (Wildman–Crippen LogP) is 0.756. The van der Waals surface area contributed by atoms with Crippen molar-refractivity contribution in [3.8, 4) is 0 Å². The molecule has 0 amide bonds. The van der Waals surface area contributed by atoms with Crippen molar-refractivity contribution >= 4 is 23.9 Å². The van der Waals surface area contributed by atoms with E-state index in [9.17, 15) is 24.3 Å². The van der Waals surface area contributed by atoms with Gasteiger partial charge in [0.1, 0.15) is 0 Å². The minimum Gasteiger partial charge on any atom is -0.466 e. The van der Waals surface area contributed by atoms with Gasteiger partial charge in [0.05, 0.1) is 39.3 Å². The number of aliphatic hydroxyl groups is 1. The Bertz CT molecular complexity index is 411. The normalized spacial score (nSPS) is 10.0. The monoisotopic (exact) mass is 364 g/mol. The van der Waals surface area contributed by atoms with Crippen LogP contribution in [0.3, 0.4) is 0 Å². The maximum atomic E-state index is 11.7. The Morgan fingerprint density at radius 3 is 1.32 bits per heavy atom. The molecule has 0 unspecified atom stereocenters. The molecule has 146 valence electrons. The molecule has 0 aromatic rings. The van der Waals surface area contributed by atoms with Crippen LogP contribution >= 0.6 is 0 Å². The third kappa shape index (κ3) is 12.9. The van der Waals surface area contributed by atoms with Crippen molar-refractivity contribution in [2.75, 3.05) is 26.4 Å². The Morgan fingerprint density at radius 1 is 0.720 bits per heavy atom. The molecule has 0 aliphatic heterocycles. The lowest BCUT2D eigenvalue weighted by Gasteiger charge is -2.23. The van der Waals surface area contributed by atoms with Crippen molar-refractivity contribution in [2.24, 2.45) is 0 Å². The zero-order valence-corrected chi connectivity index (χ0v) is 15.5. The number of rotatable bonds is 9. The topological polar surface area (TPSA) is 125 Å². The van der Waals surface area contributed by atoms with Crippen LogP contribution in [0.15, 0.2) is 0 Å².